The number of allylic oxidation sites excluding steroid dienone is 9. The maximum absolute atomic E-state index is 13.2. The van der Waals surface area contributed by atoms with Crippen LogP contribution in [0.3, 0.4) is 0 Å². The van der Waals surface area contributed by atoms with Crippen molar-refractivity contribution in [2.75, 3.05) is 23.8 Å². The number of hydrogen-bond donors (Lipinski definition) is 2. The molecule has 0 fully saturated rings. The molecule has 5 rings (SSSR count). The second kappa shape index (κ2) is 19.1. The van der Waals surface area contributed by atoms with Crippen LogP contribution in [0.4, 0.5) is 11.4 Å². The normalized spacial score (nSPS) is 14.8. The molecule has 0 bridgehead atoms. The van der Waals surface area contributed by atoms with Gasteiger partial charge in [-0.25, -0.2) is 0 Å². The molecule has 0 aliphatic heterocycles. The number of para-hydroxylation sites is 1. The molecule has 0 radical (unpaired) electrons. The highest BCUT2D eigenvalue weighted by atomic mass is 35.5. The minimum Gasteiger partial charge on any atom is -0.487 e. The Labute approximate surface area is 341 Å². The van der Waals surface area contributed by atoms with E-state index < -0.39 is 0 Å². The van der Waals surface area contributed by atoms with E-state index >= 15 is 0 Å². The fraction of sp³-hybridized carbons (Fsp3) is 0.304. The molecule has 1 aliphatic rings. The van der Waals surface area contributed by atoms with Gasteiger partial charge in [-0.2, -0.15) is 0 Å². The second-order valence-electron chi connectivity index (χ2n) is 14.9. The monoisotopic (exact) mass is 791 g/mol. The van der Waals surface area contributed by atoms with Crippen LogP contribution >= 0.6 is 23.2 Å². The number of amides is 2. The summed E-state index contributed by atoms with van der Waals surface area (Å²) in [6, 6.07) is 16.8. The van der Waals surface area contributed by atoms with E-state index in [4.69, 9.17) is 32.9 Å². The first-order chi connectivity index (χ1) is 26.7. The van der Waals surface area contributed by atoms with Crippen molar-refractivity contribution in [3.63, 3.8) is 0 Å². The van der Waals surface area contributed by atoms with E-state index in [1.807, 2.05) is 74.5 Å². The second-order valence-corrected chi connectivity index (χ2v) is 15.7. The number of nitrogens with one attached hydrogen (secondary N) is 2. The first-order valence-corrected chi connectivity index (χ1v) is 19.6. The van der Waals surface area contributed by atoms with Crippen LogP contribution in [0.25, 0.3) is 10.9 Å². The van der Waals surface area contributed by atoms with Crippen LogP contribution in [0.1, 0.15) is 70.8 Å². The molecule has 292 valence electrons. The number of rotatable bonds is 14. The van der Waals surface area contributed by atoms with E-state index in [0.29, 0.717) is 33.7 Å². The van der Waals surface area contributed by atoms with Gasteiger partial charge in [0.25, 0.3) is 0 Å². The molecule has 2 heterocycles. The molecule has 0 saturated carbocycles. The van der Waals surface area contributed by atoms with Gasteiger partial charge in [-0.1, -0.05) is 90.7 Å². The molecule has 56 heavy (non-hydrogen) atoms. The number of aromatic nitrogens is 2. The highest BCUT2D eigenvalue weighted by Gasteiger charge is 2.26. The lowest BCUT2D eigenvalue weighted by molar-refractivity contribution is -0.122. The summed E-state index contributed by atoms with van der Waals surface area (Å²) in [4.78, 5) is 36.5. The molecular weight excluding hydrogens is 741 g/mol. The third-order valence-corrected chi connectivity index (χ3v) is 10.7. The smallest absolute Gasteiger partial charge is 0.246 e. The maximum Gasteiger partial charge on any atom is 0.246 e. The largest absolute Gasteiger partial charge is 0.487 e. The molecule has 2 aromatic carbocycles. The van der Waals surface area contributed by atoms with Crippen LogP contribution in [0.15, 0.2) is 120 Å². The molecule has 0 atom stereocenters. The Kier molecular flexibility index (Phi) is 14.3. The lowest BCUT2D eigenvalue weighted by atomic mass is 9.72. The average Bonchev–Trinajstić information content (AvgIpc) is 3.15. The molecular formula is C46H51Cl2N5O3. The number of benzene rings is 2. The number of ether oxygens (including phenoxy) is 1. The summed E-state index contributed by atoms with van der Waals surface area (Å²) in [6.45, 7) is 13.1. The van der Waals surface area contributed by atoms with Crippen LogP contribution in [0.2, 0.25) is 10.0 Å². The van der Waals surface area contributed by atoms with E-state index in [9.17, 15) is 9.59 Å². The lowest BCUT2D eigenvalue weighted by Crippen LogP contribution is -2.37. The molecule has 0 spiro atoms. The first kappa shape index (κ1) is 42.0. The molecule has 0 unspecified atom stereocenters. The minimum atomic E-state index is -0.368. The summed E-state index contributed by atoms with van der Waals surface area (Å²) in [6.07, 6.45) is 17.0. The van der Waals surface area contributed by atoms with Crippen LogP contribution in [-0.4, -0.2) is 35.4 Å². The van der Waals surface area contributed by atoms with E-state index in [0.717, 1.165) is 45.5 Å². The molecule has 10 heteroatoms. The zero-order valence-electron chi connectivity index (χ0n) is 33.3. The van der Waals surface area contributed by atoms with Crippen molar-refractivity contribution in [1.29, 1.82) is 0 Å². The molecule has 4 aromatic rings. The number of fused-ring (bicyclic) bond motifs is 1. The molecule has 2 amide bonds. The average molecular weight is 793 g/mol. The quantitative estimate of drug-likeness (QED) is 0.0975. The molecule has 2 N–H and O–H groups in total. The standard InChI is InChI=1S/C46H51Cl2N5O3/c1-30(19-20-37-32(3)15-12-23-46(37,5)6)13-10-14-31(2)25-42(54)51-28-43(55)53(7)40-22-21-38(47)36(44(40)48)27-50-39-18-11-17-35-41(26-33(4)52-45(35)39)56-29-34-16-8-9-24-49-34/h8-11,13-14,16-22,24-26,50H,12,15,23,27-29H2,1-7H3,(H,51,54)/b14-10+,20-19+,30-13+,31-25+. The summed E-state index contributed by atoms with van der Waals surface area (Å²) >= 11 is 13.5. The van der Waals surface area contributed by atoms with Crippen molar-refractivity contribution < 1.29 is 14.3 Å². The van der Waals surface area contributed by atoms with Gasteiger partial charge in [0.2, 0.25) is 11.8 Å². The van der Waals surface area contributed by atoms with Gasteiger partial charge in [0.05, 0.1) is 34.2 Å². The predicted molar refractivity (Wildman–Crippen MR) is 231 cm³/mol. The molecule has 0 saturated heterocycles. The Morgan fingerprint density at radius 2 is 1.82 bits per heavy atom. The van der Waals surface area contributed by atoms with Crippen LogP contribution in [-0.2, 0) is 22.7 Å². The van der Waals surface area contributed by atoms with E-state index in [1.54, 1.807) is 25.4 Å². The summed E-state index contributed by atoms with van der Waals surface area (Å²) < 4.78 is 6.17. The number of halogens is 2. The van der Waals surface area contributed by atoms with Gasteiger partial charge in [-0.3, -0.25) is 19.6 Å². The van der Waals surface area contributed by atoms with Gasteiger partial charge in [-0.05, 0) is 99.9 Å². The number of aryl methyl sites for hydroxylation is 1. The van der Waals surface area contributed by atoms with Gasteiger partial charge >= 0.3 is 0 Å². The van der Waals surface area contributed by atoms with Gasteiger partial charge < -0.3 is 20.3 Å². The van der Waals surface area contributed by atoms with Gasteiger partial charge in [-0.15, -0.1) is 0 Å². The number of likely N-dealkylation sites (N-methyl/N-ethyl adjacent to an activating group) is 1. The number of pyridine rings is 2. The van der Waals surface area contributed by atoms with Gasteiger partial charge in [0.15, 0.2) is 0 Å². The number of nitrogens with zero attached hydrogens (tertiary/aromatic N) is 3. The van der Waals surface area contributed by atoms with Gasteiger partial charge in [0, 0.05) is 53.6 Å². The number of carbonyl (C=O) groups is 2. The summed E-state index contributed by atoms with van der Waals surface area (Å²) in [5.74, 6) is -0.00766. The Morgan fingerprint density at radius 1 is 1.02 bits per heavy atom. The topological polar surface area (TPSA) is 96.5 Å². The first-order valence-electron chi connectivity index (χ1n) is 18.8. The van der Waals surface area contributed by atoms with Crippen molar-refractivity contribution in [3.8, 4) is 5.75 Å². The zero-order chi connectivity index (χ0) is 40.4. The number of carbonyl (C=O) groups excluding carboxylic acids is 2. The van der Waals surface area contributed by atoms with Crippen LogP contribution in [0.5, 0.6) is 5.75 Å². The number of anilines is 2. The van der Waals surface area contributed by atoms with Crippen LogP contribution in [0, 0.1) is 12.3 Å². The van der Waals surface area contributed by atoms with E-state index in [1.165, 1.54) is 35.0 Å². The highest BCUT2D eigenvalue weighted by Crippen LogP contribution is 2.41. The third-order valence-electron chi connectivity index (χ3n) is 9.93. The Balaban J connectivity index is 1.19. The van der Waals surface area contributed by atoms with Crippen molar-refractivity contribution in [1.82, 2.24) is 15.3 Å². The van der Waals surface area contributed by atoms with Crippen molar-refractivity contribution in [2.45, 2.75) is 74.0 Å². The lowest BCUT2D eigenvalue weighted by Gasteiger charge is -2.32. The fourth-order valence-corrected chi connectivity index (χ4v) is 7.41. The molecule has 8 nitrogen and oxygen atoms in total. The Bertz CT molecular complexity index is 2240. The highest BCUT2D eigenvalue weighted by molar-refractivity contribution is 6.38. The SMILES string of the molecule is CC1=C(/C=C/C(C)=C/C=C/C(C)=C/C(=O)NCC(=O)N(C)c2ccc(Cl)c(CNc3cccc4c(OCc5ccccn5)cc(C)nc34)c2Cl)C(C)(C)CCC1. The minimum absolute atomic E-state index is 0.194. The number of hydrogen-bond acceptors (Lipinski definition) is 6. The van der Waals surface area contributed by atoms with E-state index in [2.05, 4.69) is 55.5 Å². The van der Waals surface area contributed by atoms with Crippen molar-refractivity contribution >= 4 is 57.3 Å². The third kappa shape index (κ3) is 11.0. The summed E-state index contributed by atoms with van der Waals surface area (Å²) in [7, 11) is 1.62. The molecule has 2 aromatic heterocycles. The molecule has 1 aliphatic carbocycles. The van der Waals surface area contributed by atoms with Crippen molar-refractivity contribution in [2.24, 2.45) is 5.41 Å². The van der Waals surface area contributed by atoms with Crippen molar-refractivity contribution in [3.05, 3.63) is 147 Å². The van der Waals surface area contributed by atoms with E-state index in [-0.39, 0.29) is 30.3 Å². The summed E-state index contributed by atoms with van der Waals surface area (Å²) in [5, 5.41) is 7.74. The fourth-order valence-electron chi connectivity index (χ4n) is 6.78. The zero-order valence-corrected chi connectivity index (χ0v) is 34.8. The Hall–Kier alpha value is -5.18. The van der Waals surface area contributed by atoms with Crippen LogP contribution < -0.4 is 20.3 Å². The van der Waals surface area contributed by atoms with Gasteiger partial charge in [0.1, 0.15) is 12.4 Å². The Morgan fingerprint density at radius 3 is 2.57 bits per heavy atom. The maximum atomic E-state index is 13.2. The predicted octanol–water partition coefficient (Wildman–Crippen LogP) is 11.0. The summed E-state index contributed by atoms with van der Waals surface area (Å²) in [5.41, 5.74) is 9.16.